The van der Waals surface area contributed by atoms with E-state index in [1.165, 1.54) is 0 Å². The smallest absolute Gasteiger partial charge is 0.491 e. The standard InChI is InChI=1S/2C9H10O2.4C2H6.2CH3.V/c2*1-2-4-8(5-3-1)10-6-9-7-11-9;4*1-2;;;/h2*1-5,9H,6-7H2;4*1-2H3;2*1H3;/q;;;;;;2*-1;+2. The summed E-state index contributed by atoms with van der Waals surface area (Å²) in [5.74, 6) is 1.84. The van der Waals surface area contributed by atoms with Crippen LogP contribution in [-0.2, 0) is 28.0 Å². The van der Waals surface area contributed by atoms with Gasteiger partial charge in [0.05, 0.1) is 13.2 Å². The van der Waals surface area contributed by atoms with Crippen molar-refractivity contribution in [2.45, 2.75) is 67.6 Å². The molecular weight excluding hydrogens is 451 g/mol. The van der Waals surface area contributed by atoms with E-state index in [-0.39, 0.29) is 33.4 Å². The molecule has 0 spiro atoms. The molecule has 0 bridgehead atoms. The zero-order valence-corrected chi connectivity index (χ0v) is 24.2. The molecule has 0 N–H and O–H groups in total. The number of para-hydroxylation sites is 2. The van der Waals surface area contributed by atoms with Gasteiger partial charge < -0.3 is 33.8 Å². The van der Waals surface area contributed by atoms with Crippen LogP contribution in [0.1, 0.15) is 55.4 Å². The molecule has 2 saturated heterocycles. The molecule has 2 fully saturated rings. The van der Waals surface area contributed by atoms with E-state index in [0.717, 1.165) is 24.7 Å². The fourth-order valence-corrected chi connectivity index (χ4v) is 1.74. The van der Waals surface area contributed by atoms with E-state index in [9.17, 15) is 0 Å². The number of rotatable bonds is 6. The molecule has 2 atom stereocenters. The third kappa shape index (κ3) is 26.7. The minimum Gasteiger partial charge on any atom is -0.491 e. The van der Waals surface area contributed by atoms with Gasteiger partial charge in [0, 0.05) is 0 Å². The first-order valence-electron chi connectivity index (χ1n) is 11.5. The Hall–Kier alpha value is -1.46. The van der Waals surface area contributed by atoms with Crippen LogP contribution in [0.3, 0.4) is 0 Å². The fraction of sp³-hybridized carbons (Fsp3) is 0.500. The molecule has 33 heavy (non-hydrogen) atoms. The van der Waals surface area contributed by atoms with Gasteiger partial charge in [0.25, 0.3) is 0 Å². The van der Waals surface area contributed by atoms with Gasteiger partial charge in [0.2, 0.25) is 0 Å². The zero-order valence-electron chi connectivity index (χ0n) is 22.8. The zero-order chi connectivity index (χ0) is 23.0. The second kappa shape index (κ2) is 32.7. The normalized spacial score (nSPS) is 14.9. The average Bonchev–Trinajstić information content (AvgIpc) is 3.79. The van der Waals surface area contributed by atoms with Crippen LogP contribution in [0.25, 0.3) is 0 Å². The van der Waals surface area contributed by atoms with Crippen molar-refractivity contribution in [3.05, 3.63) is 75.5 Å². The van der Waals surface area contributed by atoms with Crippen LogP contribution in [0.2, 0.25) is 0 Å². The van der Waals surface area contributed by atoms with Crippen LogP contribution in [0.4, 0.5) is 0 Å². The molecule has 0 amide bonds. The Morgan fingerprint density at radius 3 is 1.03 bits per heavy atom. The number of hydrogen-bond donors (Lipinski definition) is 0. The molecule has 0 saturated carbocycles. The topological polar surface area (TPSA) is 43.5 Å². The van der Waals surface area contributed by atoms with E-state index in [4.69, 9.17) is 18.9 Å². The van der Waals surface area contributed by atoms with E-state index in [2.05, 4.69) is 0 Å². The fourth-order valence-electron chi connectivity index (χ4n) is 1.74. The second-order valence-electron chi connectivity index (χ2n) is 5.16. The van der Waals surface area contributed by atoms with E-state index in [0.29, 0.717) is 25.4 Å². The van der Waals surface area contributed by atoms with Gasteiger partial charge >= 0.3 is 18.6 Å². The Morgan fingerprint density at radius 2 is 0.818 bits per heavy atom. The van der Waals surface area contributed by atoms with E-state index >= 15 is 0 Å². The van der Waals surface area contributed by atoms with Gasteiger partial charge in [0.1, 0.15) is 36.9 Å². The monoisotopic (exact) mass is 501 g/mol. The average molecular weight is 502 g/mol. The third-order valence-corrected chi connectivity index (χ3v) is 3.16. The summed E-state index contributed by atoms with van der Waals surface area (Å²) in [5, 5.41) is 0. The van der Waals surface area contributed by atoms with Crippen molar-refractivity contribution in [1.29, 1.82) is 0 Å². The molecule has 4 nitrogen and oxygen atoms in total. The molecule has 2 aromatic carbocycles. The molecule has 5 heteroatoms. The van der Waals surface area contributed by atoms with Gasteiger partial charge in [-0.15, -0.1) is 0 Å². The Kier molecular flexibility index (Phi) is 41.4. The summed E-state index contributed by atoms with van der Waals surface area (Å²) in [6.07, 6.45) is 0.686. The largest absolute Gasteiger partial charge is 2.00 e. The number of epoxide rings is 2. The molecule has 2 unspecified atom stereocenters. The van der Waals surface area contributed by atoms with E-state index in [1.54, 1.807) is 0 Å². The number of ether oxygens (including phenoxy) is 4. The Morgan fingerprint density at radius 1 is 0.576 bits per heavy atom. The van der Waals surface area contributed by atoms with Gasteiger partial charge in [-0.1, -0.05) is 91.8 Å². The maximum Gasteiger partial charge on any atom is 2.00 e. The van der Waals surface area contributed by atoms with Crippen LogP contribution < -0.4 is 9.47 Å². The Bertz CT molecular complexity index is 493. The minimum atomic E-state index is 0. The van der Waals surface area contributed by atoms with Crippen molar-refractivity contribution in [2.24, 2.45) is 0 Å². The molecule has 0 aromatic heterocycles. The minimum absolute atomic E-state index is 0. The molecule has 191 valence electrons. The summed E-state index contributed by atoms with van der Waals surface area (Å²) in [6, 6.07) is 19.6. The molecule has 2 aromatic rings. The number of hydrogen-bond acceptors (Lipinski definition) is 4. The molecule has 2 aliphatic heterocycles. The second-order valence-corrected chi connectivity index (χ2v) is 5.16. The van der Waals surface area contributed by atoms with Gasteiger partial charge in [0.15, 0.2) is 0 Å². The van der Waals surface area contributed by atoms with Crippen LogP contribution >= 0.6 is 0 Å². The van der Waals surface area contributed by atoms with Gasteiger partial charge in [-0.05, 0) is 24.3 Å². The van der Waals surface area contributed by atoms with Crippen LogP contribution in [0.5, 0.6) is 11.5 Å². The predicted octanol–water partition coefficient (Wildman–Crippen LogP) is 7.93. The van der Waals surface area contributed by atoms with Crippen molar-refractivity contribution >= 4 is 0 Å². The van der Waals surface area contributed by atoms with Crippen LogP contribution in [0.15, 0.2) is 60.7 Å². The molecular formula is C28H50O4V. The van der Waals surface area contributed by atoms with Crippen molar-refractivity contribution in [3.63, 3.8) is 0 Å². The number of benzene rings is 2. The van der Waals surface area contributed by atoms with Crippen molar-refractivity contribution in [2.75, 3.05) is 26.4 Å². The quantitative estimate of drug-likeness (QED) is 0.298. The first kappa shape index (κ1) is 41.8. The Labute approximate surface area is 218 Å². The summed E-state index contributed by atoms with van der Waals surface area (Å²) >= 11 is 0. The first-order chi connectivity index (χ1) is 14.9. The molecule has 1 radical (unpaired) electrons. The summed E-state index contributed by atoms with van der Waals surface area (Å²) in [5.41, 5.74) is 0. The van der Waals surface area contributed by atoms with E-state index < -0.39 is 0 Å². The van der Waals surface area contributed by atoms with E-state index in [1.807, 2.05) is 116 Å². The molecule has 2 aliphatic rings. The Balaban J connectivity index is -0.000000114. The predicted molar refractivity (Wildman–Crippen MR) is 142 cm³/mol. The van der Waals surface area contributed by atoms with Gasteiger partial charge in [-0.3, -0.25) is 0 Å². The summed E-state index contributed by atoms with van der Waals surface area (Å²) < 4.78 is 20.8. The van der Waals surface area contributed by atoms with Gasteiger partial charge in [-0.25, -0.2) is 0 Å². The van der Waals surface area contributed by atoms with Crippen molar-refractivity contribution in [3.8, 4) is 11.5 Å². The summed E-state index contributed by atoms with van der Waals surface area (Å²) in [4.78, 5) is 0. The third-order valence-electron chi connectivity index (χ3n) is 3.16. The van der Waals surface area contributed by atoms with Gasteiger partial charge in [-0.2, -0.15) is 0 Å². The van der Waals surface area contributed by atoms with Crippen LogP contribution in [-0.4, -0.2) is 38.6 Å². The molecule has 4 rings (SSSR count). The summed E-state index contributed by atoms with van der Waals surface area (Å²) in [7, 11) is 0. The summed E-state index contributed by atoms with van der Waals surface area (Å²) in [6.45, 7) is 19.1. The van der Waals surface area contributed by atoms with Crippen LogP contribution in [0, 0.1) is 14.9 Å². The van der Waals surface area contributed by atoms with Crippen molar-refractivity contribution < 1.29 is 37.5 Å². The SMILES string of the molecule is CC.CC.CC.CC.[CH3-].[CH3-].[V+2].c1ccc(OCC2CO2)cc1.c1ccc(OCC2CO2)cc1. The maximum atomic E-state index is 5.40. The molecule has 2 heterocycles. The molecule has 0 aliphatic carbocycles. The maximum absolute atomic E-state index is 5.40. The van der Waals surface area contributed by atoms with Crippen molar-refractivity contribution in [1.82, 2.24) is 0 Å². The first-order valence-corrected chi connectivity index (χ1v) is 11.5.